The molecule has 0 aromatic heterocycles. The Labute approximate surface area is 243 Å². The third-order valence-electron chi connectivity index (χ3n) is 7.09. The minimum absolute atomic E-state index is 0.130. The van der Waals surface area contributed by atoms with Crippen molar-refractivity contribution >= 4 is 11.1 Å². The average molecular weight is 529 g/mol. The van der Waals surface area contributed by atoms with Gasteiger partial charge in [0.1, 0.15) is 0 Å². The highest BCUT2D eigenvalue weighted by Gasteiger charge is 2.08. The van der Waals surface area contributed by atoms with Crippen molar-refractivity contribution in [2.45, 2.75) is 19.3 Å². The second-order valence-electron chi connectivity index (χ2n) is 9.95. The van der Waals surface area contributed by atoms with Gasteiger partial charge in [-0.05, 0) is 93.3 Å². The minimum Gasteiger partial charge on any atom is -0.396 e. The standard InChI is InChI=1S/C40H32O/c1-2-33(38-28-39(34-16-5-3-6-17-34)30-40(29-38)35-18-7-4-8-19-35)15-11-9-13-31-21-23-36(24-22-31)37-20-12-10-14-32(27-37)25-26-41/h1,3-9,11,14-19,21-24,27-30,41H,13,20,25-26H2/b11-9-,33-15+. The fraction of sp³-hybridized carbons (Fsp3) is 0.100. The largest absolute Gasteiger partial charge is 0.396 e. The van der Waals surface area contributed by atoms with Crippen LogP contribution in [0, 0.1) is 24.2 Å². The summed E-state index contributed by atoms with van der Waals surface area (Å²) in [5, 5.41) is 9.30. The summed E-state index contributed by atoms with van der Waals surface area (Å²) in [4.78, 5) is 0. The molecular weight excluding hydrogens is 496 g/mol. The summed E-state index contributed by atoms with van der Waals surface area (Å²) in [6, 6.07) is 36.0. The van der Waals surface area contributed by atoms with E-state index in [-0.39, 0.29) is 6.61 Å². The third kappa shape index (κ3) is 7.32. The van der Waals surface area contributed by atoms with E-state index in [0.717, 1.165) is 45.4 Å². The van der Waals surface area contributed by atoms with Crippen LogP contribution in [0.2, 0.25) is 0 Å². The van der Waals surface area contributed by atoms with Gasteiger partial charge in [0.2, 0.25) is 0 Å². The minimum atomic E-state index is 0.130. The van der Waals surface area contributed by atoms with Crippen LogP contribution in [0.1, 0.15) is 29.5 Å². The molecule has 0 bridgehead atoms. The highest BCUT2D eigenvalue weighted by molar-refractivity contribution is 5.85. The summed E-state index contributed by atoms with van der Waals surface area (Å²) in [7, 11) is 0. The topological polar surface area (TPSA) is 20.2 Å². The zero-order chi connectivity index (χ0) is 28.3. The molecule has 1 aliphatic rings. The number of hydrogen-bond acceptors (Lipinski definition) is 1. The fourth-order valence-electron chi connectivity index (χ4n) is 4.89. The molecule has 198 valence electrons. The van der Waals surface area contributed by atoms with Gasteiger partial charge in [-0.25, -0.2) is 0 Å². The number of aliphatic hydroxyl groups excluding tert-OH is 1. The Morgan fingerprint density at radius 1 is 0.805 bits per heavy atom. The van der Waals surface area contributed by atoms with Gasteiger partial charge < -0.3 is 5.11 Å². The van der Waals surface area contributed by atoms with E-state index in [4.69, 9.17) is 6.42 Å². The van der Waals surface area contributed by atoms with Crippen molar-refractivity contribution in [3.05, 3.63) is 156 Å². The summed E-state index contributed by atoms with van der Waals surface area (Å²) >= 11 is 0. The number of terminal acetylenes is 1. The molecule has 0 fully saturated rings. The van der Waals surface area contributed by atoms with Gasteiger partial charge in [0.05, 0.1) is 0 Å². The van der Waals surface area contributed by atoms with Crippen LogP contribution >= 0.6 is 0 Å². The quantitative estimate of drug-likeness (QED) is 0.170. The molecule has 0 saturated carbocycles. The maximum Gasteiger partial charge on any atom is 0.0471 e. The van der Waals surface area contributed by atoms with Crippen molar-refractivity contribution in [3.8, 4) is 46.4 Å². The van der Waals surface area contributed by atoms with Crippen molar-refractivity contribution in [1.82, 2.24) is 0 Å². The van der Waals surface area contributed by atoms with Crippen LogP contribution in [0.3, 0.4) is 0 Å². The first kappa shape index (κ1) is 27.5. The smallest absolute Gasteiger partial charge is 0.0471 e. The van der Waals surface area contributed by atoms with E-state index in [0.29, 0.717) is 12.8 Å². The number of rotatable bonds is 9. The molecule has 1 N–H and O–H groups in total. The lowest BCUT2D eigenvalue weighted by Gasteiger charge is -2.11. The fourth-order valence-corrected chi connectivity index (χ4v) is 4.89. The second-order valence-corrected chi connectivity index (χ2v) is 9.95. The van der Waals surface area contributed by atoms with Crippen LogP contribution in [0.4, 0.5) is 0 Å². The zero-order valence-corrected chi connectivity index (χ0v) is 23.1. The molecular formula is C40H32O. The van der Waals surface area contributed by atoms with Gasteiger partial charge in [0.25, 0.3) is 0 Å². The average Bonchev–Trinajstić information content (AvgIpc) is 3.28. The van der Waals surface area contributed by atoms with Gasteiger partial charge in [0, 0.05) is 18.6 Å². The van der Waals surface area contributed by atoms with E-state index >= 15 is 0 Å². The highest BCUT2D eigenvalue weighted by atomic mass is 16.2. The molecule has 4 aromatic rings. The summed E-state index contributed by atoms with van der Waals surface area (Å²) in [6.45, 7) is 0.130. The molecule has 0 amide bonds. The SMILES string of the molecule is C#C/C(=C\C=C/Cc1ccc(C2=CC(CCO)=CC#CC2)cc1)c1cc(-c2ccccc2)cc(-c2ccccc2)c1. The molecule has 0 atom stereocenters. The maximum absolute atomic E-state index is 9.30. The van der Waals surface area contributed by atoms with Crippen LogP contribution in [0.25, 0.3) is 33.4 Å². The molecule has 41 heavy (non-hydrogen) atoms. The van der Waals surface area contributed by atoms with E-state index in [1.165, 1.54) is 16.7 Å². The summed E-state index contributed by atoms with van der Waals surface area (Å²) in [5.74, 6) is 9.17. The van der Waals surface area contributed by atoms with Gasteiger partial charge in [-0.2, -0.15) is 0 Å². The van der Waals surface area contributed by atoms with Gasteiger partial charge in [0.15, 0.2) is 0 Å². The first-order valence-corrected chi connectivity index (χ1v) is 13.9. The monoisotopic (exact) mass is 528 g/mol. The van der Waals surface area contributed by atoms with E-state index in [2.05, 4.69) is 127 Å². The Morgan fingerprint density at radius 3 is 2.07 bits per heavy atom. The van der Waals surface area contributed by atoms with Crippen molar-refractivity contribution in [3.63, 3.8) is 0 Å². The van der Waals surface area contributed by atoms with Gasteiger partial charge in [-0.15, -0.1) is 6.42 Å². The van der Waals surface area contributed by atoms with E-state index in [1.807, 2.05) is 24.3 Å². The number of allylic oxidation sites excluding steroid dienone is 7. The lowest BCUT2D eigenvalue weighted by Crippen LogP contribution is -1.89. The van der Waals surface area contributed by atoms with Crippen molar-refractivity contribution in [2.24, 2.45) is 0 Å². The molecule has 0 unspecified atom stereocenters. The molecule has 0 spiro atoms. The molecule has 1 aliphatic carbocycles. The zero-order valence-electron chi connectivity index (χ0n) is 23.1. The molecule has 0 saturated heterocycles. The Morgan fingerprint density at radius 2 is 1.46 bits per heavy atom. The Bertz CT molecular complexity index is 1650. The number of aliphatic hydroxyl groups is 1. The normalized spacial score (nSPS) is 13.0. The van der Waals surface area contributed by atoms with Crippen LogP contribution in [0.15, 0.2) is 139 Å². The number of hydrogen-bond donors (Lipinski definition) is 1. The second kappa shape index (κ2) is 13.8. The summed E-state index contributed by atoms with van der Waals surface area (Å²) in [5.41, 5.74) is 11.1. The first-order valence-electron chi connectivity index (χ1n) is 13.9. The molecule has 1 nitrogen and oxygen atoms in total. The Balaban J connectivity index is 1.34. The lowest BCUT2D eigenvalue weighted by atomic mass is 9.93. The molecule has 1 heteroatoms. The van der Waals surface area contributed by atoms with Crippen LogP contribution in [-0.2, 0) is 6.42 Å². The summed E-state index contributed by atoms with van der Waals surface area (Å²) < 4.78 is 0. The Kier molecular flexibility index (Phi) is 9.26. The number of benzene rings is 4. The molecule has 5 rings (SSSR count). The molecule has 0 aliphatic heterocycles. The molecule has 4 aromatic carbocycles. The van der Waals surface area contributed by atoms with Crippen LogP contribution in [0.5, 0.6) is 0 Å². The van der Waals surface area contributed by atoms with Gasteiger partial charge in [-0.1, -0.05) is 121 Å². The summed E-state index contributed by atoms with van der Waals surface area (Å²) in [6.07, 6.45) is 18.4. The third-order valence-corrected chi connectivity index (χ3v) is 7.09. The lowest BCUT2D eigenvalue weighted by molar-refractivity contribution is 0.300. The van der Waals surface area contributed by atoms with E-state index in [1.54, 1.807) is 0 Å². The van der Waals surface area contributed by atoms with Gasteiger partial charge in [-0.3, -0.25) is 0 Å². The predicted molar refractivity (Wildman–Crippen MR) is 174 cm³/mol. The van der Waals surface area contributed by atoms with E-state index < -0.39 is 0 Å². The predicted octanol–water partition coefficient (Wildman–Crippen LogP) is 8.94. The van der Waals surface area contributed by atoms with Crippen LogP contribution in [-0.4, -0.2) is 11.7 Å². The molecule has 0 radical (unpaired) electrons. The van der Waals surface area contributed by atoms with Crippen molar-refractivity contribution < 1.29 is 5.11 Å². The van der Waals surface area contributed by atoms with E-state index in [9.17, 15) is 5.11 Å². The van der Waals surface area contributed by atoms with Gasteiger partial charge >= 0.3 is 0 Å². The molecule has 0 heterocycles. The Hall–Kier alpha value is -5.08. The van der Waals surface area contributed by atoms with Crippen molar-refractivity contribution in [1.29, 1.82) is 0 Å². The van der Waals surface area contributed by atoms with Crippen molar-refractivity contribution in [2.75, 3.05) is 6.61 Å². The maximum atomic E-state index is 9.30. The first-order chi connectivity index (χ1) is 20.2. The highest BCUT2D eigenvalue weighted by Crippen LogP contribution is 2.31. The van der Waals surface area contributed by atoms with Crippen LogP contribution < -0.4 is 0 Å².